The summed E-state index contributed by atoms with van der Waals surface area (Å²) in [7, 11) is 0. The van der Waals surface area contributed by atoms with Crippen LogP contribution in [0.2, 0.25) is 0 Å². The minimum Gasteiger partial charge on any atom is -0.356 e. The Morgan fingerprint density at radius 3 is 3.00 bits per heavy atom. The molecule has 1 amide bonds. The maximum atomic E-state index is 13.0. The summed E-state index contributed by atoms with van der Waals surface area (Å²) in [5.41, 5.74) is 3.78. The van der Waals surface area contributed by atoms with Crippen molar-refractivity contribution in [3.05, 3.63) is 35.5 Å². The molecule has 0 bridgehead atoms. The van der Waals surface area contributed by atoms with E-state index in [1.165, 1.54) is 22.2 Å². The molecule has 122 valence electrons. The van der Waals surface area contributed by atoms with Gasteiger partial charge in [0.1, 0.15) is 0 Å². The lowest BCUT2D eigenvalue weighted by atomic mass is 9.78. The van der Waals surface area contributed by atoms with Gasteiger partial charge in [0, 0.05) is 29.1 Å². The molecule has 2 aliphatic heterocycles. The van der Waals surface area contributed by atoms with Gasteiger partial charge in [-0.15, -0.1) is 0 Å². The zero-order valence-corrected chi connectivity index (χ0v) is 14.2. The van der Waals surface area contributed by atoms with Crippen molar-refractivity contribution in [3.63, 3.8) is 0 Å². The molecule has 0 saturated carbocycles. The van der Waals surface area contributed by atoms with E-state index >= 15 is 0 Å². The summed E-state index contributed by atoms with van der Waals surface area (Å²) in [5, 5.41) is 1.34. The number of aryl methyl sites for hydroxylation is 1. The highest BCUT2D eigenvalue weighted by atomic mass is 16.2. The van der Waals surface area contributed by atoms with Crippen molar-refractivity contribution in [1.82, 2.24) is 9.88 Å². The van der Waals surface area contributed by atoms with Crippen molar-refractivity contribution in [1.29, 1.82) is 0 Å². The highest BCUT2D eigenvalue weighted by molar-refractivity contribution is 5.86. The van der Waals surface area contributed by atoms with Gasteiger partial charge in [-0.05, 0) is 50.7 Å². The van der Waals surface area contributed by atoms with Gasteiger partial charge in [-0.1, -0.05) is 31.5 Å². The lowest BCUT2D eigenvalue weighted by molar-refractivity contribution is -0.148. The van der Waals surface area contributed by atoms with Crippen LogP contribution in [0.5, 0.6) is 0 Å². The van der Waals surface area contributed by atoms with Gasteiger partial charge in [0.25, 0.3) is 0 Å². The maximum Gasteiger partial charge on any atom is 0.226 e. The van der Waals surface area contributed by atoms with Crippen molar-refractivity contribution >= 4 is 16.8 Å². The van der Waals surface area contributed by atoms with Crippen molar-refractivity contribution in [2.45, 2.75) is 57.9 Å². The summed E-state index contributed by atoms with van der Waals surface area (Å²) in [6.45, 7) is 5.35. The maximum absolute atomic E-state index is 13.0. The quantitative estimate of drug-likeness (QED) is 0.878. The molecule has 1 fully saturated rings. The number of nitrogens with one attached hydrogen (secondary N) is 1. The number of para-hydroxylation sites is 1. The molecule has 4 rings (SSSR count). The molecule has 3 heteroatoms. The van der Waals surface area contributed by atoms with Crippen LogP contribution in [0.4, 0.5) is 0 Å². The van der Waals surface area contributed by atoms with Crippen LogP contribution in [0, 0.1) is 5.92 Å². The second-order valence-corrected chi connectivity index (χ2v) is 7.42. The molecule has 2 atom stereocenters. The van der Waals surface area contributed by atoms with Crippen molar-refractivity contribution in [2.24, 2.45) is 5.92 Å². The summed E-state index contributed by atoms with van der Waals surface area (Å²) in [4.78, 5) is 18.9. The molecule has 1 N–H and O–H groups in total. The van der Waals surface area contributed by atoms with E-state index in [1.54, 1.807) is 0 Å². The topological polar surface area (TPSA) is 36.1 Å². The first kappa shape index (κ1) is 14.8. The number of fused-ring (bicyclic) bond motifs is 5. The average Bonchev–Trinajstić information content (AvgIpc) is 2.86. The summed E-state index contributed by atoms with van der Waals surface area (Å²) in [6, 6.07) is 8.57. The van der Waals surface area contributed by atoms with Gasteiger partial charge in [0.2, 0.25) is 5.91 Å². The number of H-pyrrole nitrogens is 1. The number of rotatable bonds is 2. The fourth-order valence-corrected chi connectivity index (χ4v) is 4.74. The highest BCUT2D eigenvalue weighted by Gasteiger charge is 2.46. The number of aromatic amines is 1. The van der Waals surface area contributed by atoms with Crippen LogP contribution in [0.3, 0.4) is 0 Å². The molecule has 3 nitrogen and oxygen atoms in total. The first-order valence-corrected chi connectivity index (χ1v) is 9.06. The van der Waals surface area contributed by atoms with Gasteiger partial charge in [0.15, 0.2) is 0 Å². The molecular formula is C20H26N2O. The second-order valence-electron chi connectivity index (χ2n) is 7.42. The van der Waals surface area contributed by atoms with Gasteiger partial charge in [0.05, 0.1) is 5.54 Å². The number of benzene rings is 1. The van der Waals surface area contributed by atoms with Crippen molar-refractivity contribution in [2.75, 3.05) is 6.54 Å². The molecule has 1 aromatic carbocycles. The predicted octanol–water partition coefficient (Wildman–Crippen LogP) is 4.37. The van der Waals surface area contributed by atoms with Gasteiger partial charge in [-0.3, -0.25) is 4.79 Å². The van der Waals surface area contributed by atoms with Crippen LogP contribution in [0.1, 0.15) is 57.2 Å². The summed E-state index contributed by atoms with van der Waals surface area (Å²) in [5.74, 6) is 0.617. The Labute approximate surface area is 138 Å². The fraction of sp³-hybridized carbons (Fsp3) is 0.550. The Morgan fingerprint density at radius 2 is 2.17 bits per heavy atom. The Kier molecular flexibility index (Phi) is 3.47. The SMILES string of the molecule is CCCC1CC[C@]2(C)c3[nH]c4ccccc4c3CCCN2C1=O. The predicted molar refractivity (Wildman–Crippen MR) is 93.3 cm³/mol. The lowest BCUT2D eigenvalue weighted by Gasteiger charge is -2.46. The van der Waals surface area contributed by atoms with Crippen molar-refractivity contribution < 1.29 is 4.79 Å². The van der Waals surface area contributed by atoms with Gasteiger partial charge < -0.3 is 9.88 Å². The molecule has 2 aliphatic rings. The number of amides is 1. The Morgan fingerprint density at radius 1 is 1.35 bits per heavy atom. The molecule has 3 heterocycles. The normalized spacial score (nSPS) is 27.7. The summed E-state index contributed by atoms with van der Waals surface area (Å²) >= 11 is 0. The van der Waals surface area contributed by atoms with E-state index in [-0.39, 0.29) is 11.5 Å². The van der Waals surface area contributed by atoms with Crippen LogP contribution in [-0.4, -0.2) is 22.3 Å². The Bertz CT molecular complexity index is 747. The van der Waals surface area contributed by atoms with Crippen LogP contribution < -0.4 is 0 Å². The Balaban J connectivity index is 1.82. The van der Waals surface area contributed by atoms with Crippen LogP contribution >= 0.6 is 0 Å². The molecular weight excluding hydrogens is 284 g/mol. The number of aromatic nitrogens is 1. The number of carbonyl (C=O) groups excluding carboxylic acids is 1. The average molecular weight is 310 g/mol. The molecule has 0 radical (unpaired) electrons. The minimum absolute atomic E-state index is 0.161. The van der Waals surface area contributed by atoms with Crippen LogP contribution in [0.15, 0.2) is 24.3 Å². The largest absolute Gasteiger partial charge is 0.356 e. The summed E-state index contributed by atoms with van der Waals surface area (Å²) < 4.78 is 0. The van der Waals surface area contributed by atoms with Crippen LogP contribution in [0.25, 0.3) is 10.9 Å². The molecule has 1 aromatic heterocycles. The summed E-state index contributed by atoms with van der Waals surface area (Å²) in [6.07, 6.45) is 6.35. The number of hydrogen-bond acceptors (Lipinski definition) is 1. The zero-order valence-electron chi connectivity index (χ0n) is 14.2. The van der Waals surface area contributed by atoms with Crippen LogP contribution in [-0.2, 0) is 16.8 Å². The lowest BCUT2D eigenvalue weighted by Crippen LogP contribution is -2.53. The van der Waals surface area contributed by atoms with Crippen molar-refractivity contribution in [3.8, 4) is 0 Å². The highest BCUT2D eigenvalue weighted by Crippen LogP contribution is 2.45. The van der Waals surface area contributed by atoms with E-state index in [9.17, 15) is 4.79 Å². The van der Waals surface area contributed by atoms with Gasteiger partial charge in [-0.25, -0.2) is 0 Å². The van der Waals surface area contributed by atoms with E-state index in [4.69, 9.17) is 0 Å². The fourth-order valence-electron chi connectivity index (χ4n) is 4.74. The third-order valence-corrected chi connectivity index (χ3v) is 5.99. The number of nitrogens with zero attached hydrogens (tertiary/aromatic N) is 1. The first-order chi connectivity index (χ1) is 11.1. The Hall–Kier alpha value is -1.77. The second kappa shape index (κ2) is 5.40. The first-order valence-electron chi connectivity index (χ1n) is 9.06. The standard InChI is InChI=1S/C20H26N2O/c1-3-7-14-11-12-20(2)18-16(9-6-13-22(20)19(14)23)15-8-4-5-10-17(15)21-18/h4-5,8,10,14,21H,3,6-7,9,11-13H2,1-2H3/t14?,20-/m1/s1. The molecule has 1 unspecified atom stereocenters. The molecule has 23 heavy (non-hydrogen) atoms. The molecule has 2 aromatic rings. The molecule has 1 saturated heterocycles. The van der Waals surface area contributed by atoms with E-state index < -0.39 is 0 Å². The number of hydrogen-bond donors (Lipinski definition) is 1. The number of piperidine rings is 1. The third-order valence-electron chi connectivity index (χ3n) is 5.99. The molecule has 0 spiro atoms. The van der Waals surface area contributed by atoms with E-state index in [0.29, 0.717) is 5.91 Å². The smallest absolute Gasteiger partial charge is 0.226 e. The van der Waals surface area contributed by atoms with Gasteiger partial charge >= 0.3 is 0 Å². The van der Waals surface area contributed by atoms with E-state index in [1.807, 2.05) is 0 Å². The molecule has 0 aliphatic carbocycles. The third kappa shape index (κ3) is 2.13. The zero-order chi connectivity index (χ0) is 16.0. The van der Waals surface area contributed by atoms with E-state index in [2.05, 4.69) is 48.0 Å². The minimum atomic E-state index is -0.161. The monoisotopic (exact) mass is 310 g/mol. The van der Waals surface area contributed by atoms with E-state index in [0.717, 1.165) is 45.1 Å². The van der Waals surface area contributed by atoms with Gasteiger partial charge in [-0.2, -0.15) is 0 Å². The number of carbonyl (C=O) groups is 1.